The zero-order valence-corrected chi connectivity index (χ0v) is 14.6. The maximum absolute atomic E-state index is 5.44. The molecule has 6 heteroatoms. The average molecular weight is 335 g/mol. The van der Waals surface area contributed by atoms with E-state index in [0.29, 0.717) is 18.4 Å². The lowest BCUT2D eigenvalue weighted by atomic mass is 10.1. The molecule has 0 aliphatic heterocycles. The summed E-state index contributed by atoms with van der Waals surface area (Å²) in [6.07, 6.45) is 1.61. The molecule has 25 heavy (non-hydrogen) atoms. The van der Waals surface area contributed by atoms with Crippen molar-refractivity contribution in [3.05, 3.63) is 59.8 Å². The zero-order chi connectivity index (χ0) is 17.6. The fraction of sp³-hybridized carbons (Fsp3) is 0.211. The molecule has 1 heterocycles. The number of aromatic nitrogens is 3. The van der Waals surface area contributed by atoms with Crippen LogP contribution in [0.4, 0.5) is 23.1 Å². The molecule has 3 aromatic rings. The van der Waals surface area contributed by atoms with Gasteiger partial charge in [-0.1, -0.05) is 18.2 Å². The van der Waals surface area contributed by atoms with Crippen molar-refractivity contribution in [2.75, 3.05) is 17.2 Å². The van der Waals surface area contributed by atoms with Gasteiger partial charge in [0.1, 0.15) is 5.75 Å². The minimum absolute atomic E-state index is 0.431. The fourth-order valence-electron chi connectivity index (χ4n) is 2.49. The SMILES string of the molecule is CCOc1ccc(Nc2nncc(Nc3c(C)cccc3C)n2)cc1. The van der Waals surface area contributed by atoms with E-state index in [1.807, 2.05) is 37.3 Å². The summed E-state index contributed by atoms with van der Waals surface area (Å²) in [5, 5.41) is 14.5. The minimum Gasteiger partial charge on any atom is -0.494 e. The fourth-order valence-corrected chi connectivity index (χ4v) is 2.49. The van der Waals surface area contributed by atoms with Crippen LogP contribution >= 0.6 is 0 Å². The maximum atomic E-state index is 5.44. The van der Waals surface area contributed by atoms with Crippen molar-refractivity contribution in [1.82, 2.24) is 15.2 Å². The molecule has 0 saturated carbocycles. The third-order valence-electron chi connectivity index (χ3n) is 3.71. The number of hydrogen-bond donors (Lipinski definition) is 2. The second-order valence-corrected chi connectivity index (χ2v) is 5.64. The minimum atomic E-state index is 0.431. The summed E-state index contributed by atoms with van der Waals surface area (Å²) >= 11 is 0. The van der Waals surface area contributed by atoms with E-state index < -0.39 is 0 Å². The highest BCUT2D eigenvalue weighted by Gasteiger charge is 2.06. The van der Waals surface area contributed by atoms with E-state index in [4.69, 9.17) is 4.74 Å². The van der Waals surface area contributed by atoms with Gasteiger partial charge in [0.2, 0.25) is 5.95 Å². The Morgan fingerprint density at radius 1 is 0.960 bits per heavy atom. The lowest BCUT2D eigenvalue weighted by Crippen LogP contribution is -2.04. The monoisotopic (exact) mass is 335 g/mol. The van der Waals surface area contributed by atoms with E-state index >= 15 is 0 Å². The van der Waals surface area contributed by atoms with Crippen LogP contribution in [0.1, 0.15) is 18.1 Å². The van der Waals surface area contributed by atoms with Crippen LogP contribution in [0.15, 0.2) is 48.7 Å². The molecular formula is C19H21N5O. The van der Waals surface area contributed by atoms with Crippen LogP contribution in [0.25, 0.3) is 0 Å². The van der Waals surface area contributed by atoms with Crippen LogP contribution in [0, 0.1) is 13.8 Å². The second-order valence-electron chi connectivity index (χ2n) is 5.64. The first-order valence-electron chi connectivity index (χ1n) is 8.18. The molecule has 6 nitrogen and oxygen atoms in total. The summed E-state index contributed by atoms with van der Waals surface area (Å²) in [6.45, 7) is 6.72. The number of hydrogen-bond acceptors (Lipinski definition) is 6. The Kier molecular flexibility index (Phi) is 5.09. The number of ether oxygens (including phenoxy) is 1. The third kappa shape index (κ3) is 4.23. The van der Waals surface area contributed by atoms with E-state index in [9.17, 15) is 0 Å². The maximum Gasteiger partial charge on any atom is 0.249 e. The highest BCUT2D eigenvalue weighted by atomic mass is 16.5. The Balaban J connectivity index is 1.75. The van der Waals surface area contributed by atoms with Gasteiger partial charge in [0, 0.05) is 11.4 Å². The van der Waals surface area contributed by atoms with Gasteiger partial charge in [-0.25, -0.2) is 0 Å². The number of rotatable bonds is 6. The normalized spacial score (nSPS) is 10.4. The number of nitrogens with one attached hydrogen (secondary N) is 2. The predicted octanol–water partition coefficient (Wildman–Crippen LogP) is 4.37. The number of nitrogens with zero attached hydrogens (tertiary/aromatic N) is 3. The van der Waals surface area contributed by atoms with E-state index in [2.05, 4.69) is 51.8 Å². The van der Waals surface area contributed by atoms with Crippen molar-refractivity contribution in [3.8, 4) is 5.75 Å². The Morgan fingerprint density at radius 2 is 1.68 bits per heavy atom. The lowest BCUT2D eigenvalue weighted by molar-refractivity contribution is 0.340. The molecule has 0 radical (unpaired) electrons. The standard InChI is InChI=1S/C19H21N5O/c1-4-25-16-10-8-15(9-11-16)21-19-23-17(12-20-24-19)22-18-13(2)6-5-7-14(18)3/h5-12H,4H2,1-3H3,(H2,21,22,23,24). The summed E-state index contributed by atoms with van der Waals surface area (Å²) in [7, 11) is 0. The van der Waals surface area contributed by atoms with Crippen molar-refractivity contribution in [3.63, 3.8) is 0 Å². The van der Waals surface area contributed by atoms with Gasteiger partial charge in [0.15, 0.2) is 5.82 Å². The van der Waals surface area contributed by atoms with Crippen LogP contribution < -0.4 is 15.4 Å². The number of para-hydroxylation sites is 1. The molecular weight excluding hydrogens is 314 g/mol. The van der Waals surface area contributed by atoms with Crippen LogP contribution in [-0.4, -0.2) is 21.8 Å². The van der Waals surface area contributed by atoms with Crippen LogP contribution in [0.2, 0.25) is 0 Å². The molecule has 0 fully saturated rings. The topological polar surface area (TPSA) is 72.0 Å². The van der Waals surface area contributed by atoms with Crippen molar-refractivity contribution in [1.29, 1.82) is 0 Å². The van der Waals surface area contributed by atoms with Crippen molar-refractivity contribution < 1.29 is 4.74 Å². The molecule has 0 unspecified atom stereocenters. The van der Waals surface area contributed by atoms with Crippen LogP contribution in [0.5, 0.6) is 5.75 Å². The van der Waals surface area contributed by atoms with Gasteiger partial charge in [-0.15, -0.1) is 5.10 Å². The number of benzene rings is 2. The smallest absolute Gasteiger partial charge is 0.249 e. The molecule has 128 valence electrons. The molecule has 0 aliphatic carbocycles. The van der Waals surface area contributed by atoms with Gasteiger partial charge >= 0.3 is 0 Å². The molecule has 2 aromatic carbocycles. The largest absolute Gasteiger partial charge is 0.494 e. The summed E-state index contributed by atoms with van der Waals surface area (Å²) in [5.41, 5.74) is 4.21. The molecule has 0 saturated heterocycles. The lowest BCUT2D eigenvalue weighted by Gasteiger charge is -2.12. The zero-order valence-electron chi connectivity index (χ0n) is 14.6. The summed E-state index contributed by atoms with van der Waals surface area (Å²) < 4.78 is 5.44. The van der Waals surface area contributed by atoms with E-state index in [1.54, 1.807) is 6.20 Å². The van der Waals surface area contributed by atoms with Gasteiger partial charge in [-0.3, -0.25) is 0 Å². The van der Waals surface area contributed by atoms with Gasteiger partial charge in [0.05, 0.1) is 12.8 Å². The number of anilines is 4. The van der Waals surface area contributed by atoms with Crippen LogP contribution in [0.3, 0.4) is 0 Å². The molecule has 0 aliphatic rings. The highest BCUT2D eigenvalue weighted by molar-refractivity contribution is 5.65. The highest BCUT2D eigenvalue weighted by Crippen LogP contribution is 2.24. The van der Waals surface area contributed by atoms with E-state index in [1.165, 1.54) is 0 Å². The van der Waals surface area contributed by atoms with Gasteiger partial charge in [0.25, 0.3) is 0 Å². The molecule has 0 spiro atoms. The molecule has 0 amide bonds. The number of aryl methyl sites for hydroxylation is 2. The predicted molar refractivity (Wildman–Crippen MR) is 99.9 cm³/mol. The summed E-state index contributed by atoms with van der Waals surface area (Å²) in [5.74, 6) is 1.90. The van der Waals surface area contributed by atoms with Gasteiger partial charge in [-0.05, 0) is 56.2 Å². The van der Waals surface area contributed by atoms with Gasteiger partial charge < -0.3 is 15.4 Å². The van der Waals surface area contributed by atoms with Gasteiger partial charge in [-0.2, -0.15) is 10.1 Å². The second kappa shape index (κ2) is 7.61. The molecule has 0 bridgehead atoms. The Morgan fingerprint density at radius 3 is 2.36 bits per heavy atom. The molecule has 3 rings (SSSR count). The molecule has 2 N–H and O–H groups in total. The summed E-state index contributed by atoms with van der Waals surface area (Å²) in [6, 6.07) is 13.8. The van der Waals surface area contributed by atoms with E-state index in [-0.39, 0.29) is 0 Å². The Hall–Kier alpha value is -3.15. The van der Waals surface area contributed by atoms with E-state index in [0.717, 1.165) is 28.3 Å². The first-order valence-corrected chi connectivity index (χ1v) is 8.18. The first-order chi connectivity index (χ1) is 12.2. The van der Waals surface area contributed by atoms with Crippen molar-refractivity contribution >= 4 is 23.1 Å². The Labute approximate surface area is 147 Å². The summed E-state index contributed by atoms with van der Waals surface area (Å²) in [4.78, 5) is 4.48. The quantitative estimate of drug-likeness (QED) is 0.697. The van der Waals surface area contributed by atoms with Crippen LogP contribution in [-0.2, 0) is 0 Å². The third-order valence-corrected chi connectivity index (χ3v) is 3.71. The average Bonchev–Trinajstić information content (AvgIpc) is 2.61. The van der Waals surface area contributed by atoms with Crippen molar-refractivity contribution in [2.24, 2.45) is 0 Å². The first kappa shape index (κ1) is 16.7. The molecule has 1 aromatic heterocycles. The Bertz CT molecular complexity index is 828. The van der Waals surface area contributed by atoms with Crippen molar-refractivity contribution in [2.45, 2.75) is 20.8 Å². The molecule has 0 atom stereocenters.